The number of aromatic nitrogens is 1. The third-order valence-corrected chi connectivity index (χ3v) is 2.89. The summed E-state index contributed by atoms with van der Waals surface area (Å²) in [6, 6.07) is 15.1. The van der Waals surface area contributed by atoms with Crippen LogP contribution in [0.25, 0.3) is 0 Å². The first-order chi connectivity index (χ1) is 10.3. The summed E-state index contributed by atoms with van der Waals surface area (Å²) in [5, 5.41) is 21.0. The second-order valence-corrected chi connectivity index (χ2v) is 4.35. The number of benzene rings is 1. The molecule has 21 heavy (non-hydrogen) atoms. The third kappa shape index (κ3) is 4.45. The van der Waals surface area contributed by atoms with Crippen molar-refractivity contribution in [2.24, 2.45) is 5.10 Å². The van der Waals surface area contributed by atoms with Crippen LogP contribution in [0.4, 0.5) is 5.69 Å². The summed E-state index contributed by atoms with van der Waals surface area (Å²) >= 11 is 0. The Morgan fingerprint density at radius 1 is 1.05 bits per heavy atom. The SMILES string of the molecule is N#CC(C#N)=NNc1cccc(CCc2ccncc2)c1. The van der Waals surface area contributed by atoms with Gasteiger partial charge < -0.3 is 0 Å². The molecule has 1 heterocycles. The van der Waals surface area contributed by atoms with E-state index in [0.717, 1.165) is 24.1 Å². The van der Waals surface area contributed by atoms with E-state index < -0.39 is 0 Å². The Balaban J connectivity index is 2.00. The van der Waals surface area contributed by atoms with Crippen LogP contribution in [-0.4, -0.2) is 10.7 Å². The monoisotopic (exact) mass is 275 g/mol. The number of hydrazone groups is 1. The largest absolute Gasteiger partial charge is 0.277 e. The fourth-order valence-electron chi connectivity index (χ4n) is 1.83. The van der Waals surface area contributed by atoms with Gasteiger partial charge in [-0.1, -0.05) is 12.1 Å². The smallest absolute Gasteiger partial charge is 0.237 e. The van der Waals surface area contributed by atoms with Crippen LogP contribution in [0.3, 0.4) is 0 Å². The highest BCUT2D eigenvalue weighted by Gasteiger charge is 1.98. The second kappa shape index (κ2) is 7.42. The molecule has 0 radical (unpaired) electrons. The molecule has 0 saturated heterocycles. The standard InChI is InChI=1S/C16H13N5/c17-11-16(12-18)21-20-15-3-1-2-14(10-15)5-4-13-6-8-19-9-7-13/h1-3,6-10,20H,4-5H2. The van der Waals surface area contributed by atoms with Crippen LogP contribution >= 0.6 is 0 Å². The topological polar surface area (TPSA) is 84.9 Å². The van der Waals surface area contributed by atoms with Crippen molar-refractivity contribution in [3.05, 3.63) is 59.9 Å². The summed E-state index contributed by atoms with van der Waals surface area (Å²) in [7, 11) is 0. The van der Waals surface area contributed by atoms with Crippen molar-refractivity contribution < 1.29 is 0 Å². The molecule has 0 amide bonds. The number of rotatable bonds is 5. The van der Waals surface area contributed by atoms with Crippen molar-refractivity contribution in [3.63, 3.8) is 0 Å². The lowest BCUT2D eigenvalue weighted by Gasteiger charge is -2.05. The molecule has 0 spiro atoms. The molecule has 0 unspecified atom stereocenters. The summed E-state index contributed by atoms with van der Waals surface area (Å²) in [5.74, 6) is 0. The Morgan fingerprint density at radius 3 is 2.48 bits per heavy atom. The van der Waals surface area contributed by atoms with Crippen LogP contribution in [0.5, 0.6) is 0 Å². The highest BCUT2D eigenvalue weighted by atomic mass is 15.3. The fraction of sp³-hybridized carbons (Fsp3) is 0.125. The van der Waals surface area contributed by atoms with Crippen LogP contribution in [0.15, 0.2) is 53.9 Å². The zero-order valence-electron chi connectivity index (χ0n) is 11.3. The van der Waals surface area contributed by atoms with Gasteiger partial charge in [0.1, 0.15) is 12.1 Å². The average molecular weight is 275 g/mol. The molecule has 2 aromatic rings. The molecular formula is C16H13N5. The van der Waals surface area contributed by atoms with E-state index in [-0.39, 0.29) is 5.71 Å². The zero-order chi connectivity index (χ0) is 14.9. The minimum Gasteiger partial charge on any atom is -0.277 e. The van der Waals surface area contributed by atoms with Crippen LogP contribution in [-0.2, 0) is 12.8 Å². The summed E-state index contributed by atoms with van der Waals surface area (Å²) in [6.07, 6.45) is 5.39. The lowest BCUT2D eigenvalue weighted by molar-refractivity contribution is 0.955. The van der Waals surface area contributed by atoms with Crippen molar-refractivity contribution in [2.75, 3.05) is 5.43 Å². The molecule has 1 aromatic carbocycles. The van der Waals surface area contributed by atoms with Crippen molar-refractivity contribution in [1.82, 2.24) is 4.98 Å². The number of nitriles is 2. The molecular weight excluding hydrogens is 262 g/mol. The van der Waals surface area contributed by atoms with Gasteiger partial charge in [0.05, 0.1) is 5.69 Å². The van der Waals surface area contributed by atoms with E-state index in [1.54, 1.807) is 24.5 Å². The van der Waals surface area contributed by atoms with Gasteiger partial charge in [-0.2, -0.15) is 15.6 Å². The predicted molar refractivity (Wildman–Crippen MR) is 80.4 cm³/mol. The van der Waals surface area contributed by atoms with Crippen molar-refractivity contribution >= 4 is 11.4 Å². The summed E-state index contributed by atoms with van der Waals surface area (Å²) < 4.78 is 0. The van der Waals surface area contributed by atoms with Crippen molar-refractivity contribution in [2.45, 2.75) is 12.8 Å². The predicted octanol–water partition coefficient (Wildman–Crippen LogP) is 2.68. The van der Waals surface area contributed by atoms with Gasteiger partial charge in [-0.05, 0) is 48.2 Å². The van der Waals surface area contributed by atoms with Crippen molar-refractivity contribution in [1.29, 1.82) is 10.5 Å². The van der Waals surface area contributed by atoms with E-state index in [9.17, 15) is 0 Å². The Morgan fingerprint density at radius 2 is 1.76 bits per heavy atom. The number of nitrogens with one attached hydrogen (secondary N) is 1. The zero-order valence-corrected chi connectivity index (χ0v) is 11.3. The Kier molecular flexibility index (Phi) is 5.03. The molecule has 1 aromatic heterocycles. The highest BCUT2D eigenvalue weighted by molar-refractivity contribution is 6.10. The molecule has 0 fully saturated rings. The Labute approximate surface area is 123 Å². The Bertz CT molecular complexity index is 691. The molecule has 1 N–H and O–H groups in total. The molecule has 0 aliphatic heterocycles. The molecule has 2 rings (SSSR count). The van der Waals surface area contributed by atoms with E-state index in [1.807, 2.05) is 36.4 Å². The molecule has 0 atom stereocenters. The number of nitrogens with zero attached hydrogens (tertiary/aromatic N) is 4. The molecule has 0 saturated carbocycles. The summed E-state index contributed by atoms with van der Waals surface area (Å²) in [5.41, 5.74) is 5.66. The number of aryl methyl sites for hydroxylation is 2. The van der Waals surface area contributed by atoms with Crippen LogP contribution in [0, 0.1) is 22.7 Å². The first-order valence-corrected chi connectivity index (χ1v) is 6.43. The normalized spacial score (nSPS) is 9.24. The maximum absolute atomic E-state index is 8.62. The van der Waals surface area contributed by atoms with Crippen LogP contribution < -0.4 is 5.43 Å². The summed E-state index contributed by atoms with van der Waals surface area (Å²) in [6.45, 7) is 0. The van der Waals surface area contributed by atoms with E-state index in [4.69, 9.17) is 10.5 Å². The molecule has 0 aliphatic rings. The number of hydrogen-bond donors (Lipinski definition) is 1. The maximum atomic E-state index is 8.62. The minimum atomic E-state index is -0.197. The molecule has 0 bridgehead atoms. The van der Waals surface area contributed by atoms with Crippen LogP contribution in [0.1, 0.15) is 11.1 Å². The lowest BCUT2D eigenvalue weighted by atomic mass is 10.1. The lowest BCUT2D eigenvalue weighted by Crippen LogP contribution is -1.97. The third-order valence-electron chi connectivity index (χ3n) is 2.89. The summed E-state index contributed by atoms with van der Waals surface area (Å²) in [4.78, 5) is 3.99. The number of anilines is 1. The molecule has 102 valence electrons. The van der Waals surface area contributed by atoms with Gasteiger partial charge in [0.15, 0.2) is 0 Å². The highest BCUT2D eigenvalue weighted by Crippen LogP contribution is 2.13. The quantitative estimate of drug-likeness (QED) is 0.671. The minimum absolute atomic E-state index is 0.197. The first-order valence-electron chi connectivity index (χ1n) is 6.43. The van der Waals surface area contributed by atoms with Gasteiger partial charge in [-0.3, -0.25) is 10.4 Å². The van der Waals surface area contributed by atoms with E-state index in [0.29, 0.717) is 0 Å². The van der Waals surface area contributed by atoms with E-state index in [1.165, 1.54) is 5.56 Å². The van der Waals surface area contributed by atoms with E-state index >= 15 is 0 Å². The molecule has 5 heteroatoms. The first kappa shape index (κ1) is 14.2. The van der Waals surface area contributed by atoms with E-state index in [2.05, 4.69) is 15.5 Å². The van der Waals surface area contributed by atoms with Gasteiger partial charge in [0, 0.05) is 12.4 Å². The second-order valence-electron chi connectivity index (χ2n) is 4.35. The number of pyridine rings is 1. The fourth-order valence-corrected chi connectivity index (χ4v) is 1.83. The van der Waals surface area contributed by atoms with Gasteiger partial charge in [0.25, 0.3) is 0 Å². The molecule has 5 nitrogen and oxygen atoms in total. The van der Waals surface area contributed by atoms with Gasteiger partial charge in [0.2, 0.25) is 5.71 Å². The Hall–Kier alpha value is -3.18. The van der Waals surface area contributed by atoms with Crippen molar-refractivity contribution in [3.8, 4) is 12.1 Å². The maximum Gasteiger partial charge on any atom is 0.237 e. The van der Waals surface area contributed by atoms with Gasteiger partial charge >= 0.3 is 0 Å². The number of hydrogen-bond acceptors (Lipinski definition) is 5. The average Bonchev–Trinajstić information content (AvgIpc) is 2.55. The van der Waals surface area contributed by atoms with Gasteiger partial charge in [-0.15, -0.1) is 0 Å². The van der Waals surface area contributed by atoms with Crippen LogP contribution in [0.2, 0.25) is 0 Å². The molecule has 0 aliphatic carbocycles. The van der Waals surface area contributed by atoms with Gasteiger partial charge in [-0.25, -0.2) is 0 Å².